The molecule has 1 aromatic rings. The molecule has 0 aliphatic heterocycles. The Morgan fingerprint density at radius 2 is 1.96 bits per heavy atom. The highest BCUT2D eigenvalue weighted by molar-refractivity contribution is 5.94. The number of hydrogen-bond donors (Lipinski definition) is 1. The standard InChI is InChI=1S/C20H28N2O3/c1-3-22(20(24)12-16-11-14-4-5-15(16)10-14)13-19(23)21-17-6-8-18(25-2)9-7-17/h6-9,14-16H,3-5,10-13H2,1-2H3,(H,21,23)/t14-,15-,16+/m0/s1. The van der Waals surface area contributed by atoms with Gasteiger partial charge in [-0.1, -0.05) is 6.42 Å². The summed E-state index contributed by atoms with van der Waals surface area (Å²) in [6, 6.07) is 7.19. The quantitative estimate of drug-likeness (QED) is 0.825. The molecule has 3 atom stereocenters. The third kappa shape index (κ3) is 4.33. The Hall–Kier alpha value is -2.04. The van der Waals surface area contributed by atoms with Crippen LogP contribution in [-0.4, -0.2) is 36.9 Å². The van der Waals surface area contributed by atoms with Crippen molar-refractivity contribution in [2.24, 2.45) is 17.8 Å². The zero-order chi connectivity index (χ0) is 17.8. The molecule has 2 aliphatic carbocycles. The fraction of sp³-hybridized carbons (Fsp3) is 0.600. The van der Waals surface area contributed by atoms with Crippen LogP contribution in [0.2, 0.25) is 0 Å². The fourth-order valence-electron chi connectivity index (χ4n) is 4.40. The second kappa shape index (κ2) is 7.89. The van der Waals surface area contributed by atoms with Gasteiger partial charge in [0, 0.05) is 18.7 Å². The maximum atomic E-state index is 12.6. The monoisotopic (exact) mass is 344 g/mol. The minimum Gasteiger partial charge on any atom is -0.497 e. The van der Waals surface area contributed by atoms with Gasteiger partial charge in [-0.25, -0.2) is 0 Å². The number of nitrogens with zero attached hydrogens (tertiary/aromatic N) is 1. The minimum atomic E-state index is -0.159. The highest BCUT2D eigenvalue weighted by atomic mass is 16.5. The smallest absolute Gasteiger partial charge is 0.243 e. The number of fused-ring (bicyclic) bond motifs is 2. The van der Waals surface area contributed by atoms with Crippen molar-refractivity contribution in [1.82, 2.24) is 4.90 Å². The molecule has 2 bridgehead atoms. The number of nitrogens with one attached hydrogen (secondary N) is 1. The van der Waals surface area contributed by atoms with E-state index in [1.807, 2.05) is 6.92 Å². The van der Waals surface area contributed by atoms with Crippen molar-refractivity contribution < 1.29 is 14.3 Å². The van der Waals surface area contributed by atoms with E-state index < -0.39 is 0 Å². The zero-order valence-corrected chi connectivity index (χ0v) is 15.2. The number of anilines is 1. The van der Waals surface area contributed by atoms with Crippen LogP contribution in [0, 0.1) is 17.8 Å². The minimum absolute atomic E-state index is 0.113. The van der Waals surface area contributed by atoms with E-state index in [2.05, 4.69) is 5.32 Å². The summed E-state index contributed by atoms with van der Waals surface area (Å²) in [4.78, 5) is 26.5. The number of hydrogen-bond acceptors (Lipinski definition) is 3. The summed E-state index contributed by atoms with van der Waals surface area (Å²) >= 11 is 0. The Morgan fingerprint density at radius 1 is 1.20 bits per heavy atom. The molecular formula is C20H28N2O3. The molecule has 2 saturated carbocycles. The molecule has 0 aromatic heterocycles. The van der Waals surface area contributed by atoms with Gasteiger partial charge in [0.05, 0.1) is 13.7 Å². The van der Waals surface area contributed by atoms with Crippen LogP contribution in [-0.2, 0) is 9.59 Å². The number of benzene rings is 1. The molecule has 0 spiro atoms. The highest BCUT2D eigenvalue weighted by Gasteiger charge is 2.40. The lowest BCUT2D eigenvalue weighted by Crippen LogP contribution is -2.39. The number of carbonyl (C=O) groups is 2. The number of amides is 2. The van der Waals surface area contributed by atoms with Crippen LogP contribution in [0.3, 0.4) is 0 Å². The van der Waals surface area contributed by atoms with Crippen LogP contribution in [0.25, 0.3) is 0 Å². The van der Waals surface area contributed by atoms with Crippen molar-refractivity contribution in [2.75, 3.05) is 25.5 Å². The molecule has 2 fully saturated rings. The average Bonchev–Trinajstić information content (AvgIpc) is 3.23. The Bertz CT molecular complexity index is 614. The Balaban J connectivity index is 1.50. The second-order valence-electron chi connectivity index (χ2n) is 7.32. The van der Waals surface area contributed by atoms with Crippen molar-refractivity contribution in [3.8, 4) is 5.75 Å². The van der Waals surface area contributed by atoms with Gasteiger partial charge in [-0.15, -0.1) is 0 Å². The number of carbonyl (C=O) groups excluding carboxylic acids is 2. The third-order valence-corrected chi connectivity index (χ3v) is 5.76. The molecule has 25 heavy (non-hydrogen) atoms. The molecule has 0 saturated heterocycles. The third-order valence-electron chi connectivity index (χ3n) is 5.76. The van der Waals surface area contributed by atoms with Gasteiger partial charge in [-0.2, -0.15) is 0 Å². The van der Waals surface area contributed by atoms with Gasteiger partial charge < -0.3 is 15.0 Å². The maximum absolute atomic E-state index is 12.6. The van der Waals surface area contributed by atoms with Gasteiger partial charge in [0.15, 0.2) is 0 Å². The lowest BCUT2D eigenvalue weighted by molar-refractivity contribution is -0.135. The van der Waals surface area contributed by atoms with Crippen molar-refractivity contribution in [2.45, 2.75) is 39.0 Å². The van der Waals surface area contributed by atoms with Gasteiger partial charge in [0.25, 0.3) is 0 Å². The van der Waals surface area contributed by atoms with Crippen LogP contribution in [0.1, 0.15) is 39.0 Å². The maximum Gasteiger partial charge on any atom is 0.243 e. The normalized spacial score (nSPS) is 24.2. The molecule has 0 unspecified atom stereocenters. The van der Waals surface area contributed by atoms with E-state index in [-0.39, 0.29) is 18.4 Å². The molecule has 3 rings (SSSR count). The Labute approximate surface area is 149 Å². The molecule has 0 heterocycles. The molecule has 2 aliphatic rings. The molecule has 0 radical (unpaired) electrons. The molecule has 1 aromatic carbocycles. The number of rotatable bonds is 7. The molecular weight excluding hydrogens is 316 g/mol. The Kier molecular flexibility index (Phi) is 5.61. The van der Waals surface area contributed by atoms with Crippen LogP contribution < -0.4 is 10.1 Å². The average molecular weight is 344 g/mol. The first-order valence-corrected chi connectivity index (χ1v) is 9.30. The van der Waals surface area contributed by atoms with Crippen LogP contribution in [0.4, 0.5) is 5.69 Å². The summed E-state index contributed by atoms with van der Waals surface area (Å²) in [7, 11) is 1.61. The van der Waals surface area contributed by atoms with Gasteiger partial charge >= 0.3 is 0 Å². The Morgan fingerprint density at radius 3 is 2.52 bits per heavy atom. The van der Waals surface area contributed by atoms with E-state index in [4.69, 9.17) is 4.74 Å². The first-order chi connectivity index (χ1) is 12.1. The summed E-state index contributed by atoms with van der Waals surface area (Å²) in [6.45, 7) is 2.61. The van der Waals surface area contributed by atoms with E-state index >= 15 is 0 Å². The fourth-order valence-corrected chi connectivity index (χ4v) is 4.40. The van der Waals surface area contributed by atoms with Gasteiger partial charge in [-0.3, -0.25) is 9.59 Å². The summed E-state index contributed by atoms with van der Waals surface area (Å²) < 4.78 is 5.11. The first-order valence-electron chi connectivity index (χ1n) is 9.30. The largest absolute Gasteiger partial charge is 0.497 e. The predicted octanol–water partition coefficient (Wildman–Crippen LogP) is 3.31. The van der Waals surface area contributed by atoms with E-state index in [1.165, 1.54) is 25.7 Å². The van der Waals surface area contributed by atoms with Gasteiger partial charge in [0.1, 0.15) is 5.75 Å². The van der Waals surface area contributed by atoms with E-state index in [1.54, 1.807) is 36.3 Å². The van der Waals surface area contributed by atoms with Gasteiger partial charge in [0.2, 0.25) is 11.8 Å². The van der Waals surface area contributed by atoms with Crippen molar-refractivity contribution in [3.63, 3.8) is 0 Å². The zero-order valence-electron chi connectivity index (χ0n) is 15.2. The molecule has 1 N–H and O–H groups in total. The van der Waals surface area contributed by atoms with E-state index in [0.29, 0.717) is 24.6 Å². The summed E-state index contributed by atoms with van der Waals surface area (Å²) in [5.41, 5.74) is 0.711. The van der Waals surface area contributed by atoms with Gasteiger partial charge in [-0.05, 0) is 68.2 Å². The molecule has 2 amide bonds. The summed E-state index contributed by atoms with van der Waals surface area (Å²) in [5.74, 6) is 2.81. The topological polar surface area (TPSA) is 58.6 Å². The molecule has 136 valence electrons. The second-order valence-corrected chi connectivity index (χ2v) is 7.32. The van der Waals surface area contributed by atoms with E-state index in [0.717, 1.165) is 17.6 Å². The van der Waals surface area contributed by atoms with Crippen LogP contribution in [0.15, 0.2) is 24.3 Å². The van der Waals surface area contributed by atoms with Crippen LogP contribution in [0.5, 0.6) is 5.75 Å². The van der Waals surface area contributed by atoms with E-state index in [9.17, 15) is 9.59 Å². The van der Waals surface area contributed by atoms with Crippen molar-refractivity contribution >= 4 is 17.5 Å². The van der Waals surface area contributed by atoms with Crippen LogP contribution >= 0.6 is 0 Å². The van der Waals surface area contributed by atoms with Crippen molar-refractivity contribution in [3.05, 3.63) is 24.3 Å². The molecule has 5 nitrogen and oxygen atoms in total. The summed E-state index contributed by atoms with van der Waals surface area (Å²) in [5, 5.41) is 2.85. The molecule has 5 heteroatoms. The highest BCUT2D eigenvalue weighted by Crippen LogP contribution is 2.49. The first kappa shape index (κ1) is 17.8. The predicted molar refractivity (Wildman–Crippen MR) is 97.4 cm³/mol. The number of methoxy groups -OCH3 is 1. The lowest BCUT2D eigenvalue weighted by atomic mass is 9.86. The van der Waals surface area contributed by atoms with Crippen molar-refractivity contribution in [1.29, 1.82) is 0 Å². The number of ether oxygens (including phenoxy) is 1. The lowest BCUT2D eigenvalue weighted by Gasteiger charge is -2.26. The summed E-state index contributed by atoms with van der Waals surface area (Å²) in [6.07, 6.45) is 5.74. The SMILES string of the molecule is CCN(CC(=O)Nc1ccc(OC)cc1)C(=O)C[C@H]1C[C@H]2CC[C@H]1C2. The number of likely N-dealkylation sites (N-methyl/N-ethyl adjacent to an activating group) is 1.